The van der Waals surface area contributed by atoms with Gasteiger partial charge in [0.2, 0.25) is 23.6 Å². The van der Waals surface area contributed by atoms with E-state index in [0.717, 1.165) is 0 Å². The number of nitrogens with two attached hydrogens (primary N) is 4. The van der Waals surface area contributed by atoms with Gasteiger partial charge in [0.1, 0.15) is 18.1 Å². The molecule has 0 saturated carbocycles. The van der Waals surface area contributed by atoms with Crippen molar-refractivity contribution >= 4 is 54.2 Å². The minimum atomic E-state index is -1.79. The quantitative estimate of drug-likeness (QED) is 0.0377. The Kier molecular flexibility index (Phi) is 14.4. The summed E-state index contributed by atoms with van der Waals surface area (Å²) in [6, 6.07) is -5.51. The smallest absolute Gasteiger partial charge is 0.326 e. The molecule has 0 fully saturated rings. The summed E-state index contributed by atoms with van der Waals surface area (Å²) in [5, 5.41) is 24.7. The van der Waals surface area contributed by atoms with Gasteiger partial charge in [-0.1, -0.05) is 0 Å². The van der Waals surface area contributed by atoms with Crippen LogP contribution in [0, 0.1) is 0 Å². The molecule has 13 N–H and O–H groups in total. The van der Waals surface area contributed by atoms with Crippen LogP contribution in [0.25, 0.3) is 0 Å². The zero-order valence-electron chi connectivity index (χ0n) is 18.8. The van der Waals surface area contributed by atoms with Crippen molar-refractivity contribution in [2.24, 2.45) is 27.9 Å². The maximum atomic E-state index is 12.9. The third-order valence-corrected chi connectivity index (χ3v) is 4.81. The molecular formula is C18H32N8O8S. The number of aliphatic carboxylic acids is 2. The predicted octanol–water partition coefficient (Wildman–Crippen LogP) is -4.42. The molecule has 4 amide bonds. The highest BCUT2D eigenvalue weighted by molar-refractivity contribution is 7.80. The Morgan fingerprint density at radius 3 is 1.80 bits per heavy atom. The van der Waals surface area contributed by atoms with E-state index in [0.29, 0.717) is 0 Å². The van der Waals surface area contributed by atoms with Crippen LogP contribution in [0.15, 0.2) is 4.99 Å². The van der Waals surface area contributed by atoms with Crippen molar-refractivity contribution in [2.45, 2.75) is 56.3 Å². The fourth-order valence-electron chi connectivity index (χ4n) is 2.61. The molecule has 198 valence electrons. The van der Waals surface area contributed by atoms with Crippen molar-refractivity contribution in [1.29, 1.82) is 0 Å². The van der Waals surface area contributed by atoms with Crippen LogP contribution < -0.4 is 38.9 Å². The van der Waals surface area contributed by atoms with E-state index in [4.69, 9.17) is 33.1 Å². The second-order valence-corrected chi connectivity index (χ2v) is 7.73. The third-order valence-electron chi connectivity index (χ3n) is 4.42. The molecule has 4 atom stereocenters. The highest BCUT2D eigenvalue weighted by atomic mass is 32.1. The lowest BCUT2D eigenvalue weighted by Crippen LogP contribution is -2.57. The second-order valence-electron chi connectivity index (χ2n) is 7.36. The Bertz CT molecular complexity index is 820. The van der Waals surface area contributed by atoms with Gasteiger partial charge in [-0.15, -0.1) is 0 Å². The minimum absolute atomic E-state index is 0.0159. The molecule has 4 unspecified atom stereocenters. The lowest BCUT2D eigenvalue weighted by molar-refractivity contribution is -0.147. The van der Waals surface area contributed by atoms with Crippen molar-refractivity contribution in [1.82, 2.24) is 16.0 Å². The van der Waals surface area contributed by atoms with Crippen LogP contribution in [0.3, 0.4) is 0 Å². The number of carboxylic acid groups (broad SMARTS) is 2. The molecule has 0 aromatic rings. The minimum Gasteiger partial charge on any atom is -0.481 e. The lowest BCUT2D eigenvalue weighted by atomic mass is 10.1. The number of carbonyl (C=O) groups is 6. The number of rotatable bonds is 17. The fraction of sp³-hybridized carbons (Fsp3) is 0.611. The summed E-state index contributed by atoms with van der Waals surface area (Å²) in [5.41, 5.74) is 21.2. The number of thiol groups is 1. The van der Waals surface area contributed by atoms with Gasteiger partial charge in [0.15, 0.2) is 5.96 Å². The molecule has 0 saturated heterocycles. The number of carbonyl (C=O) groups excluding carboxylic acids is 4. The molecule has 0 aromatic carbocycles. The lowest BCUT2D eigenvalue weighted by Gasteiger charge is -2.24. The molecule has 0 rings (SSSR count). The van der Waals surface area contributed by atoms with Crippen LogP contribution in [-0.2, 0) is 28.8 Å². The van der Waals surface area contributed by atoms with Gasteiger partial charge in [-0.25, -0.2) is 4.79 Å². The second kappa shape index (κ2) is 16.1. The predicted molar refractivity (Wildman–Crippen MR) is 126 cm³/mol. The maximum Gasteiger partial charge on any atom is 0.326 e. The van der Waals surface area contributed by atoms with Gasteiger partial charge in [0.05, 0.1) is 12.5 Å². The first-order valence-corrected chi connectivity index (χ1v) is 11.0. The molecule has 0 radical (unpaired) electrons. The van der Waals surface area contributed by atoms with Crippen LogP contribution >= 0.6 is 12.6 Å². The van der Waals surface area contributed by atoms with Crippen molar-refractivity contribution in [2.75, 3.05) is 12.3 Å². The van der Waals surface area contributed by atoms with Gasteiger partial charge in [0, 0.05) is 18.7 Å². The van der Waals surface area contributed by atoms with Crippen LogP contribution in [0.2, 0.25) is 0 Å². The summed E-state index contributed by atoms with van der Waals surface area (Å²) in [6.45, 7) is 0.127. The third kappa shape index (κ3) is 13.6. The summed E-state index contributed by atoms with van der Waals surface area (Å²) >= 11 is 3.92. The molecule has 35 heavy (non-hydrogen) atoms. The molecule has 17 heteroatoms. The summed E-state index contributed by atoms with van der Waals surface area (Å²) in [5.74, 6) is -6.73. The highest BCUT2D eigenvalue weighted by Crippen LogP contribution is 2.05. The van der Waals surface area contributed by atoms with Crippen LogP contribution in [0.4, 0.5) is 0 Å². The molecule has 16 nitrogen and oxygen atoms in total. The molecule has 0 heterocycles. The number of carboxylic acids is 2. The molecular weight excluding hydrogens is 488 g/mol. The molecule has 0 aliphatic heterocycles. The van der Waals surface area contributed by atoms with E-state index in [-0.39, 0.29) is 43.9 Å². The van der Waals surface area contributed by atoms with Gasteiger partial charge in [0.25, 0.3) is 0 Å². The largest absolute Gasteiger partial charge is 0.481 e. The van der Waals surface area contributed by atoms with Crippen LogP contribution in [0.5, 0.6) is 0 Å². The van der Waals surface area contributed by atoms with E-state index in [9.17, 15) is 28.8 Å². The van der Waals surface area contributed by atoms with Crippen LogP contribution in [-0.4, -0.2) is 88.2 Å². The number of nitrogens with one attached hydrogen (secondary N) is 3. The van der Waals surface area contributed by atoms with Gasteiger partial charge in [-0.3, -0.25) is 29.0 Å². The average molecular weight is 521 g/mol. The van der Waals surface area contributed by atoms with Crippen molar-refractivity contribution in [3.8, 4) is 0 Å². The Morgan fingerprint density at radius 1 is 0.829 bits per heavy atom. The van der Waals surface area contributed by atoms with Crippen molar-refractivity contribution in [3.05, 3.63) is 0 Å². The zero-order chi connectivity index (χ0) is 27.1. The first-order valence-electron chi connectivity index (χ1n) is 10.3. The van der Waals surface area contributed by atoms with E-state index in [1.807, 2.05) is 5.32 Å². The van der Waals surface area contributed by atoms with Crippen molar-refractivity contribution < 1.29 is 39.0 Å². The van der Waals surface area contributed by atoms with E-state index >= 15 is 0 Å². The summed E-state index contributed by atoms with van der Waals surface area (Å²) in [4.78, 5) is 74.8. The number of hydrogen-bond acceptors (Lipinski definition) is 9. The normalized spacial score (nSPS) is 13.9. The molecule has 0 aliphatic carbocycles. The number of aliphatic imine (C=N–C) groups is 1. The Labute approximate surface area is 206 Å². The summed E-state index contributed by atoms with van der Waals surface area (Å²) in [7, 11) is 0. The standard InChI is InChI=1S/C18H32N8O8S/c19-8(7-35)14(30)24-9(2-1-5-23-18(21)22)15(31)25-10(3-4-12(20)27)16(32)26-11(17(33)34)6-13(28)29/h8-11,35H,1-7,19H2,(H2,20,27)(H,24,30)(H,25,31)(H,26,32)(H,28,29)(H,33,34)(H4,21,22,23). The molecule has 0 aliphatic rings. The Hall–Kier alpha value is -3.60. The number of nitrogens with zero attached hydrogens (tertiary/aromatic N) is 1. The van der Waals surface area contributed by atoms with E-state index in [2.05, 4.69) is 28.3 Å². The van der Waals surface area contributed by atoms with E-state index in [1.54, 1.807) is 0 Å². The molecule has 0 spiro atoms. The van der Waals surface area contributed by atoms with Crippen molar-refractivity contribution in [3.63, 3.8) is 0 Å². The first kappa shape index (κ1) is 31.4. The summed E-state index contributed by atoms with van der Waals surface area (Å²) in [6.07, 6.45) is -1.35. The highest BCUT2D eigenvalue weighted by Gasteiger charge is 2.31. The van der Waals surface area contributed by atoms with E-state index in [1.165, 1.54) is 0 Å². The number of hydrogen-bond donors (Lipinski definition) is 10. The number of primary amides is 1. The Morgan fingerprint density at radius 2 is 1.34 bits per heavy atom. The first-order chi connectivity index (χ1) is 16.3. The molecule has 0 bridgehead atoms. The zero-order valence-corrected chi connectivity index (χ0v) is 19.7. The van der Waals surface area contributed by atoms with Gasteiger partial charge in [-0.2, -0.15) is 12.6 Å². The monoisotopic (exact) mass is 520 g/mol. The van der Waals surface area contributed by atoms with Crippen LogP contribution in [0.1, 0.15) is 32.1 Å². The SMILES string of the molecule is NC(=O)CCC(NC(=O)C(CCCN=C(N)N)NC(=O)C(N)CS)C(=O)NC(CC(=O)O)C(=O)O. The van der Waals surface area contributed by atoms with E-state index < -0.39 is 66.2 Å². The maximum absolute atomic E-state index is 12.9. The topological polar surface area (TPSA) is 295 Å². The Balaban J connectivity index is 5.63. The fourth-order valence-corrected chi connectivity index (χ4v) is 2.77. The van der Waals surface area contributed by atoms with Gasteiger partial charge >= 0.3 is 11.9 Å². The average Bonchev–Trinajstić information content (AvgIpc) is 2.76. The molecule has 0 aromatic heterocycles. The van der Waals surface area contributed by atoms with Gasteiger partial charge < -0.3 is 49.1 Å². The summed E-state index contributed by atoms with van der Waals surface area (Å²) < 4.78 is 0. The number of guanidine groups is 1. The number of amides is 4. The van der Waals surface area contributed by atoms with Gasteiger partial charge in [-0.05, 0) is 19.3 Å².